The maximum atomic E-state index is 11.7. The molecule has 6 heteroatoms. The predicted octanol–water partition coefficient (Wildman–Crippen LogP) is 1.54. The van der Waals surface area contributed by atoms with Crippen molar-refractivity contribution in [3.8, 4) is 5.75 Å². The standard InChI is InChI=1S/C12H12ClN3O2/c1-18-11-3-2-9(13)4-8(11)7-16-12(17)5-10(14)6-15-16/h2-6H,7,14H2,1H3. The molecule has 5 nitrogen and oxygen atoms in total. The zero-order chi connectivity index (χ0) is 13.1. The second-order valence-electron chi connectivity index (χ2n) is 3.74. The Morgan fingerprint density at radius 1 is 1.44 bits per heavy atom. The van der Waals surface area contributed by atoms with Gasteiger partial charge in [0.15, 0.2) is 0 Å². The molecular weight excluding hydrogens is 254 g/mol. The lowest BCUT2D eigenvalue weighted by Gasteiger charge is -2.10. The van der Waals surface area contributed by atoms with Crippen LogP contribution in [0, 0.1) is 0 Å². The molecule has 0 aliphatic rings. The van der Waals surface area contributed by atoms with E-state index < -0.39 is 0 Å². The van der Waals surface area contributed by atoms with Gasteiger partial charge in [0.25, 0.3) is 5.56 Å². The molecule has 0 saturated carbocycles. The van der Waals surface area contributed by atoms with Gasteiger partial charge < -0.3 is 10.5 Å². The van der Waals surface area contributed by atoms with Gasteiger partial charge in [0, 0.05) is 16.7 Å². The summed E-state index contributed by atoms with van der Waals surface area (Å²) in [6.45, 7) is 0.281. The minimum atomic E-state index is -0.267. The third kappa shape index (κ3) is 2.62. The van der Waals surface area contributed by atoms with E-state index >= 15 is 0 Å². The average molecular weight is 266 g/mol. The van der Waals surface area contributed by atoms with Crippen molar-refractivity contribution >= 4 is 17.3 Å². The van der Waals surface area contributed by atoms with Crippen LogP contribution in [-0.4, -0.2) is 16.9 Å². The number of hydrogen-bond donors (Lipinski definition) is 1. The normalized spacial score (nSPS) is 10.3. The van der Waals surface area contributed by atoms with Gasteiger partial charge in [-0.25, -0.2) is 4.68 Å². The predicted molar refractivity (Wildman–Crippen MR) is 70.0 cm³/mol. The molecule has 2 rings (SSSR count). The molecule has 1 aromatic carbocycles. The van der Waals surface area contributed by atoms with Crippen LogP contribution in [0.1, 0.15) is 5.56 Å². The Morgan fingerprint density at radius 2 is 2.22 bits per heavy atom. The van der Waals surface area contributed by atoms with Gasteiger partial charge >= 0.3 is 0 Å². The van der Waals surface area contributed by atoms with Crippen LogP contribution in [0.2, 0.25) is 5.02 Å². The van der Waals surface area contributed by atoms with Crippen molar-refractivity contribution in [2.24, 2.45) is 0 Å². The van der Waals surface area contributed by atoms with Crippen molar-refractivity contribution in [2.45, 2.75) is 6.54 Å². The molecule has 2 N–H and O–H groups in total. The summed E-state index contributed by atoms with van der Waals surface area (Å²) in [5.41, 5.74) is 6.34. The molecule has 0 aliphatic carbocycles. The first kappa shape index (κ1) is 12.4. The third-order valence-corrected chi connectivity index (χ3v) is 2.69. The number of methoxy groups -OCH3 is 1. The zero-order valence-electron chi connectivity index (χ0n) is 9.76. The van der Waals surface area contributed by atoms with Gasteiger partial charge in [-0.1, -0.05) is 11.6 Å². The number of anilines is 1. The number of hydrogen-bond acceptors (Lipinski definition) is 4. The summed E-state index contributed by atoms with van der Waals surface area (Å²) in [6.07, 6.45) is 1.43. The zero-order valence-corrected chi connectivity index (χ0v) is 10.5. The van der Waals surface area contributed by atoms with Gasteiger partial charge in [-0.3, -0.25) is 4.79 Å². The Balaban J connectivity index is 2.39. The molecule has 1 aromatic heterocycles. The summed E-state index contributed by atoms with van der Waals surface area (Å²) in [5.74, 6) is 0.657. The molecule has 0 radical (unpaired) electrons. The van der Waals surface area contributed by atoms with Crippen molar-refractivity contribution in [2.75, 3.05) is 12.8 Å². The van der Waals surface area contributed by atoms with E-state index in [2.05, 4.69) is 5.10 Å². The molecule has 0 spiro atoms. The van der Waals surface area contributed by atoms with Crippen molar-refractivity contribution in [3.63, 3.8) is 0 Å². The fourth-order valence-corrected chi connectivity index (χ4v) is 1.79. The molecule has 0 amide bonds. The Kier molecular flexibility index (Phi) is 3.53. The van der Waals surface area contributed by atoms with E-state index in [4.69, 9.17) is 22.1 Å². The van der Waals surface area contributed by atoms with E-state index in [-0.39, 0.29) is 12.1 Å². The van der Waals surface area contributed by atoms with Crippen molar-refractivity contribution in [1.82, 2.24) is 9.78 Å². The first-order valence-electron chi connectivity index (χ1n) is 5.25. The van der Waals surface area contributed by atoms with E-state index in [1.165, 1.54) is 16.9 Å². The van der Waals surface area contributed by atoms with Crippen LogP contribution in [0.25, 0.3) is 0 Å². The number of rotatable bonds is 3. The van der Waals surface area contributed by atoms with Crippen LogP contribution in [-0.2, 0) is 6.54 Å². The molecule has 0 atom stereocenters. The summed E-state index contributed by atoms with van der Waals surface area (Å²) in [6, 6.07) is 6.54. The van der Waals surface area contributed by atoms with Crippen molar-refractivity contribution in [1.29, 1.82) is 0 Å². The van der Waals surface area contributed by atoms with Crippen LogP contribution in [0.5, 0.6) is 5.75 Å². The van der Waals surface area contributed by atoms with Crippen LogP contribution >= 0.6 is 11.6 Å². The maximum absolute atomic E-state index is 11.7. The second kappa shape index (κ2) is 5.10. The third-order valence-electron chi connectivity index (χ3n) is 2.45. The van der Waals surface area contributed by atoms with Crippen molar-refractivity contribution < 1.29 is 4.74 Å². The van der Waals surface area contributed by atoms with Crippen molar-refractivity contribution in [3.05, 3.63) is 51.4 Å². The quantitative estimate of drug-likeness (QED) is 0.914. The molecular formula is C12H12ClN3O2. The smallest absolute Gasteiger partial charge is 0.269 e. The number of nitrogens with two attached hydrogens (primary N) is 1. The molecule has 0 aliphatic heterocycles. The Bertz CT molecular complexity index is 625. The molecule has 0 unspecified atom stereocenters. The number of nitrogens with zero attached hydrogens (tertiary/aromatic N) is 2. The first-order valence-corrected chi connectivity index (χ1v) is 5.63. The Morgan fingerprint density at radius 3 is 2.89 bits per heavy atom. The summed E-state index contributed by atoms with van der Waals surface area (Å²) >= 11 is 5.92. The Labute approximate surface area is 109 Å². The fourth-order valence-electron chi connectivity index (χ4n) is 1.60. The van der Waals surface area contributed by atoms with Gasteiger partial charge in [0.05, 0.1) is 25.5 Å². The van der Waals surface area contributed by atoms with Crippen LogP contribution in [0.15, 0.2) is 35.3 Å². The molecule has 18 heavy (non-hydrogen) atoms. The molecule has 0 bridgehead atoms. The van der Waals surface area contributed by atoms with Gasteiger partial charge in [-0.2, -0.15) is 5.10 Å². The number of nitrogen functional groups attached to an aromatic ring is 1. The maximum Gasteiger partial charge on any atom is 0.269 e. The molecule has 1 heterocycles. The van der Waals surface area contributed by atoms with E-state index in [9.17, 15) is 4.79 Å². The number of halogens is 1. The lowest BCUT2D eigenvalue weighted by atomic mass is 10.2. The summed E-state index contributed by atoms with van der Waals surface area (Å²) in [7, 11) is 1.56. The van der Waals surface area contributed by atoms with Gasteiger partial charge in [0.1, 0.15) is 5.75 Å². The highest BCUT2D eigenvalue weighted by Crippen LogP contribution is 2.22. The van der Waals surface area contributed by atoms with Gasteiger partial charge in [-0.15, -0.1) is 0 Å². The molecule has 2 aromatic rings. The van der Waals surface area contributed by atoms with Crippen LogP contribution in [0.3, 0.4) is 0 Å². The largest absolute Gasteiger partial charge is 0.496 e. The van der Waals surface area contributed by atoms with Gasteiger partial charge in [-0.05, 0) is 18.2 Å². The minimum absolute atomic E-state index is 0.267. The minimum Gasteiger partial charge on any atom is -0.496 e. The fraction of sp³-hybridized carbons (Fsp3) is 0.167. The van der Waals surface area contributed by atoms with E-state index in [1.807, 2.05) is 0 Å². The van der Waals surface area contributed by atoms with Gasteiger partial charge in [0.2, 0.25) is 0 Å². The van der Waals surface area contributed by atoms with E-state index in [0.29, 0.717) is 16.5 Å². The van der Waals surface area contributed by atoms with E-state index in [0.717, 1.165) is 5.56 Å². The second-order valence-corrected chi connectivity index (χ2v) is 4.18. The van der Waals surface area contributed by atoms with Crippen LogP contribution < -0.4 is 16.0 Å². The lowest BCUT2D eigenvalue weighted by molar-refractivity contribution is 0.407. The molecule has 94 valence electrons. The highest BCUT2D eigenvalue weighted by atomic mass is 35.5. The summed E-state index contributed by atoms with van der Waals surface area (Å²) in [4.78, 5) is 11.7. The summed E-state index contributed by atoms with van der Waals surface area (Å²) < 4.78 is 6.51. The topological polar surface area (TPSA) is 70.1 Å². The number of ether oxygens (including phenoxy) is 1. The highest BCUT2D eigenvalue weighted by molar-refractivity contribution is 6.30. The summed E-state index contributed by atoms with van der Waals surface area (Å²) in [5, 5.41) is 4.54. The van der Waals surface area contributed by atoms with E-state index in [1.54, 1.807) is 25.3 Å². The SMILES string of the molecule is COc1ccc(Cl)cc1Cn1ncc(N)cc1=O. The Hall–Kier alpha value is -2.01. The average Bonchev–Trinajstić information content (AvgIpc) is 2.33. The number of aromatic nitrogens is 2. The highest BCUT2D eigenvalue weighted by Gasteiger charge is 2.06. The van der Waals surface area contributed by atoms with Crippen LogP contribution in [0.4, 0.5) is 5.69 Å². The first-order chi connectivity index (χ1) is 8.60. The molecule has 0 fully saturated rings. The number of benzene rings is 1. The lowest BCUT2D eigenvalue weighted by Crippen LogP contribution is -2.23. The molecule has 0 saturated heterocycles. The monoisotopic (exact) mass is 265 g/mol.